The molecule has 14 nitrogen and oxygen atoms in total. The van der Waals surface area contributed by atoms with E-state index in [0.29, 0.717) is 18.7 Å². The number of azide groups is 1. The number of aromatic carboxylic acids is 1. The van der Waals surface area contributed by atoms with Gasteiger partial charge in [0.1, 0.15) is 6.23 Å². The number of nitrogens with one attached hydrogen (secondary N) is 1. The molecular formula is C23H32N6O8S. The number of carbonyl (C=O) groups is 1. The molecular weight excluding hydrogens is 520 g/mol. The maximum absolute atomic E-state index is 12.4. The topological polar surface area (TPSA) is 208 Å². The third kappa shape index (κ3) is 7.52. The molecule has 2 aromatic rings. The number of benzene rings is 1. The number of aromatic amines is 1. The van der Waals surface area contributed by atoms with E-state index in [-0.39, 0.29) is 23.5 Å². The second-order valence-corrected chi connectivity index (χ2v) is 10.5. The highest BCUT2D eigenvalue weighted by molar-refractivity contribution is 7.89. The first kappa shape index (κ1) is 30.7. The summed E-state index contributed by atoms with van der Waals surface area (Å²) in [7, 11) is -3.53. The van der Waals surface area contributed by atoms with Crippen molar-refractivity contribution in [2.45, 2.75) is 63.3 Å². The molecule has 3 unspecified atom stereocenters. The van der Waals surface area contributed by atoms with Crippen LogP contribution in [0.4, 0.5) is 0 Å². The zero-order valence-electron chi connectivity index (χ0n) is 21.3. The van der Waals surface area contributed by atoms with Crippen LogP contribution < -0.4 is 11.2 Å². The lowest BCUT2D eigenvalue weighted by molar-refractivity contribution is -0.0271. The van der Waals surface area contributed by atoms with Crippen LogP contribution in [0.2, 0.25) is 0 Å². The van der Waals surface area contributed by atoms with Crippen LogP contribution in [0.5, 0.6) is 0 Å². The van der Waals surface area contributed by atoms with Crippen molar-refractivity contribution >= 4 is 16.0 Å². The highest BCUT2D eigenvalue weighted by atomic mass is 32.2. The minimum Gasteiger partial charge on any atom is -0.478 e. The van der Waals surface area contributed by atoms with Gasteiger partial charge in [0.05, 0.1) is 29.2 Å². The number of aryl methyl sites for hydroxylation is 1. The maximum atomic E-state index is 12.4. The Labute approximate surface area is 219 Å². The predicted molar refractivity (Wildman–Crippen MR) is 137 cm³/mol. The molecule has 0 saturated carbocycles. The van der Waals surface area contributed by atoms with Crippen LogP contribution in [0.15, 0.2) is 50.1 Å². The average molecular weight is 553 g/mol. The number of rotatable bonds is 10. The molecule has 208 valence electrons. The average Bonchev–Trinajstić information content (AvgIpc) is 3.29. The first-order valence-electron chi connectivity index (χ1n) is 12.0. The molecule has 1 aromatic heterocycles. The van der Waals surface area contributed by atoms with E-state index in [9.17, 15) is 22.8 Å². The molecule has 1 fully saturated rings. The molecule has 0 radical (unpaired) electrons. The summed E-state index contributed by atoms with van der Waals surface area (Å²) >= 11 is 0. The van der Waals surface area contributed by atoms with Gasteiger partial charge in [-0.1, -0.05) is 19.0 Å². The van der Waals surface area contributed by atoms with Crippen LogP contribution in [0, 0.1) is 6.92 Å². The van der Waals surface area contributed by atoms with E-state index in [2.05, 4.69) is 15.0 Å². The molecule has 1 aromatic carbocycles. The first-order valence-corrected chi connectivity index (χ1v) is 13.4. The zero-order valence-corrected chi connectivity index (χ0v) is 22.2. The first-order chi connectivity index (χ1) is 18.0. The number of hydrogen-bond donors (Lipinski definition) is 3. The molecule has 1 aliphatic heterocycles. The van der Waals surface area contributed by atoms with Crippen molar-refractivity contribution in [3.05, 3.63) is 72.9 Å². The lowest BCUT2D eigenvalue weighted by atomic mass is 10.1. The number of aliphatic hydroxyl groups is 1. The fourth-order valence-corrected chi connectivity index (χ4v) is 5.43. The number of nitrogens with zero attached hydrogens (tertiary/aromatic N) is 5. The zero-order chi connectivity index (χ0) is 28.5. The van der Waals surface area contributed by atoms with Gasteiger partial charge in [0.25, 0.3) is 5.56 Å². The second-order valence-electron chi connectivity index (χ2n) is 8.53. The monoisotopic (exact) mass is 552 g/mol. The van der Waals surface area contributed by atoms with Crippen molar-refractivity contribution < 1.29 is 28.2 Å². The minimum absolute atomic E-state index is 0.0801. The lowest BCUT2D eigenvalue weighted by Crippen LogP contribution is -2.33. The SMILES string of the molecule is CCCN(CCC)S(=O)(=O)c1ccc(C(=O)O)cc1.Cc1cn(C2CC(N=[N+]=[N-])C(CO)O2)c(=O)[nH]c1=O. The van der Waals surface area contributed by atoms with Gasteiger partial charge in [0.15, 0.2) is 0 Å². The molecule has 0 spiro atoms. The Hall–Kier alpha value is -3.49. The number of sulfonamides is 1. The number of hydrogen-bond acceptors (Lipinski definition) is 8. The summed E-state index contributed by atoms with van der Waals surface area (Å²) in [6.45, 7) is 6.04. The largest absolute Gasteiger partial charge is 0.478 e. The second kappa shape index (κ2) is 13.9. The predicted octanol–water partition coefficient (Wildman–Crippen LogP) is 2.00. The number of carboxylic acid groups (broad SMARTS) is 1. The Morgan fingerprint density at radius 1 is 1.24 bits per heavy atom. The van der Waals surface area contributed by atoms with Crippen molar-refractivity contribution in [2.24, 2.45) is 5.11 Å². The van der Waals surface area contributed by atoms with E-state index in [0.717, 1.165) is 12.8 Å². The molecule has 2 heterocycles. The van der Waals surface area contributed by atoms with Crippen LogP contribution in [0.3, 0.4) is 0 Å². The van der Waals surface area contributed by atoms with E-state index in [1.165, 1.54) is 39.3 Å². The van der Waals surface area contributed by atoms with E-state index in [4.69, 9.17) is 20.5 Å². The summed E-state index contributed by atoms with van der Waals surface area (Å²) in [5.74, 6) is -1.07. The van der Waals surface area contributed by atoms with Gasteiger partial charge in [-0.2, -0.15) is 4.31 Å². The van der Waals surface area contributed by atoms with Gasteiger partial charge >= 0.3 is 11.7 Å². The van der Waals surface area contributed by atoms with Crippen molar-refractivity contribution in [2.75, 3.05) is 19.7 Å². The van der Waals surface area contributed by atoms with Crippen LogP contribution in [0.25, 0.3) is 10.4 Å². The van der Waals surface area contributed by atoms with Gasteiger partial charge in [-0.25, -0.2) is 18.0 Å². The highest BCUT2D eigenvalue weighted by Gasteiger charge is 2.35. The van der Waals surface area contributed by atoms with Crippen LogP contribution in [-0.4, -0.2) is 70.3 Å². The fourth-order valence-electron chi connectivity index (χ4n) is 3.81. The molecule has 1 saturated heterocycles. The van der Waals surface area contributed by atoms with Gasteiger partial charge in [-0.15, -0.1) is 0 Å². The number of aromatic nitrogens is 2. The van der Waals surface area contributed by atoms with Crippen molar-refractivity contribution in [1.29, 1.82) is 0 Å². The molecule has 0 aliphatic carbocycles. The van der Waals surface area contributed by atoms with Crippen molar-refractivity contribution in [3.63, 3.8) is 0 Å². The molecule has 3 N–H and O–H groups in total. The van der Waals surface area contributed by atoms with Crippen LogP contribution in [0.1, 0.15) is 55.3 Å². The quantitative estimate of drug-likeness (QED) is 0.225. The Kier molecular flexibility index (Phi) is 11.2. The van der Waals surface area contributed by atoms with Gasteiger partial charge in [0.2, 0.25) is 10.0 Å². The summed E-state index contributed by atoms with van der Waals surface area (Å²) in [5, 5.41) is 21.5. The van der Waals surface area contributed by atoms with E-state index >= 15 is 0 Å². The Balaban J connectivity index is 0.000000267. The smallest absolute Gasteiger partial charge is 0.335 e. The molecule has 3 rings (SSSR count). The van der Waals surface area contributed by atoms with Crippen LogP contribution in [-0.2, 0) is 14.8 Å². The minimum atomic E-state index is -3.53. The van der Waals surface area contributed by atoms with E-state index in [1.54, 1.807) is 6.92 Å². The standard InChI is InChI=1S/C13H19NO4S.C10H13N5O4/c1-3-9-14(10-4-2)19(17,18)12-7-5-11(6-8-12)13(15)16;1-5-3-15(10(18)12-9(5)17)8-2-6(13-14-11)7(4-16)19-8/h5-8H,3-4,9-10H2,1-2H3,(H,15,16);3,6-8,16H,2,4H2,1H3,(H,12,17,18). The van der Waals surface area contributed by atoms with E-state index < -0.39 is 45.6 Å². The maximum Gasteiger partial charge on any atom is 0.335 e. The third-order valence-electron chi connectivity index (χ3n) is 5.73. The highest BCUT2D eigenvalue weighted by Crippen LogP contribution is 2.29. The number of H-pyrrole nitrogens is 1. The molecule has 3 atom stereocenters. The normalized spacial score (nSPS) is 18.9. The number of carboxylic acids is 1. The molecule has 38 heavy (non-hydrogen) atoms. The van der Waals surface area contributed by atoms with Gasteiger partial charge < -0.3 is 14.9 Å². The summed E-state index contributed by atoms with van der Waals surface area (Å²) < 4.78 is 32.9. The Morgan fingerprint density at radius 2 is 1.84 bits per heavy atom. The molecule has 0 bridgehead atoms. The lowest BCUT2D eigenvalue weighted by Gasteiger charge is -2.20. The third-order valence-corrected chi connectivity index (χ3v) is 7.64. The van der Waals surface area contributed by atoms with Gasteiger partial charge in [0, 0.05) is 36.2 Å². The summed E-state index contributed by atoms with van der Waals surface area (Å²) in [5.41, 5.74) is 7.84. The Bertz CT molecular complexity index is 1360. The van der Waals surface area contributed by atoms with Gasteiger partial charge in [-0.05, 0) is 49.6 Å². The summed E-state index contributed by atoms with van der Waals surface area (Å²) in [4.78, 5) is 38.7. The van der Waals surface area contributed by atoms with Gasteiger partial charge in [-0.3, -0.25) is 14.3 Å². The van der Waals surface area contributed by atoms with Crippen LogP contribution >= 0.6 is 0 Å². The summed E-state index contributed by atoms with van der Waals surface area (Å²) in [6, 6.07) is 4.77. The van der Waals surface area contributed by atoms with Crippen molar-refractivity contribution in [1.82, 2.24) is 13.9 Å². The molecule has 1 aliphatic rings. The van der Waals surface area contributed by atoms with E-state index in [1.807, 2.05) is 13.8 Å². The summed E-state index contributed by atoms with van der Waals surface area (Å²) in [6.07, 6.45) is 1.81. The number of ether oxygens (including phenoxy) is 1. The Morgan fingerprint density at radius 3 is 2.34 bits per heavy atom. The molecule has 0 amide bonds. The molecule has 15 heteroatoms. The van der Waals surface area contributed by atoms with Crippen molar-refractivity contribution in [3.8, 4) is 0 Å². The number of aliphatic hydroxyl groups excluding tert-OH is 1. The fraction of sp³-hybridized carbons (Fsp3) is 0.522.